The number of hydrogen-bond acceptors (Lipinski definition) is 0. The molecule has 1 aliphatic carbocycles. The molecule has 0 saturated carbocycles. The lowest BCUT2D eigenvalue weighted by molar-refractivity contribution is 0.856. The van der Waals surface area contributed by atoms with Gasteiger partial charge in [-0.1, -0.05) is 133 Å². The molecular formula is C42H31N. The number of benzene rings is 6. The fourth-order valence-corrected chi connectivity index (χ4v) is 6.50. The second kappa shape index (κ2) is 10.8. The Morgan fingerprint density at radius 2 is 0.977 bits per heavy atom. The van der Waals surface area contributed by atoms with Crippen LogP contribution < -0.4 is 0 Å². The quantitative estimate of drug-likeness (QED) is 0.201. The average Bonchev–Trinajstić information content (AvgIpc) is 3.42. The second-order valence-corrected chi connectivity index (χ2v) is 11.3. The molecule has 1 heteroatoms. The lowest BCUT2D eigenvalue weighted by Gasteiger charge is -2.18. The minimum absolute atomic E-state index is 0.390. The summed E-state index contributed by atoms with van der Waals surface area (Å²) < 4.78 is 2.42. The highest BCUT2D eigenvalue weighted by Crippen LogP contribution is 2.38. The van der Waals surface area contributed by atoms with Crippen LogP contribution >= 0.6 is 0 Å². The molecular weight excluding hydrogens is 518 g/mol. The SMILES string of the molecule is C1=CC(c2ccc(-n3c4ccc(-c5ccccc5)cc4c4cc(-c5ccccc5)ccc43)cc2)CC=C1c1ccccc1. The van der Waals surface area contributed by atoms with Crippen molar-refractivity contribution in [1.82, 2.24) is 4.57 Å². The van der Waals surface area contributed by atoms with Gasteiger partial charge in [-0.3, -0.25) is 0 Å². The average molecular weight is 550 g/mol. The Hall–Kier alpha value is -5.40. The summed E-state index contributed by atoms with van der Waals surface area (Å²) in [5, 5.41) is 2.54. The van der Waals surface area contributed by atoms with Crippen molar-refractivity contribution in [3.8, 4) is 27.9 Å². The Labute approximate surface area is 252 Å². The molecule has 1 heterocycles. The first-order valence-electron chi connectivity index (χ1n) is 15.0. The van der Waals surface area contributed by atoms with Gasteiger partial charge in [-0.2, -0.15) is 0 Å². The van der Waals surface area contributed by atoms with Crippen LogP contribution in [0.1, 0.15) is 23.5 Å². The van der Waals surface area contributed by atoms with E-state index in [4.69, 9.17) is 0 Å². The Bertz CT molecular complexity index is 2020. The van der Waals surface area contributed by atoms with Crippen molar-refractivity contribution >= 4 is 27.4 Å². The lowest BCUT2D eigenvalue weighted by Crippen LogP contribution is -2.00. The predicted molar refractivity (Wildman–Crippen MR) is 183 cm³/mol. The first-order valence-corrected chi connectivity index (χ1v) is 15.0. The number of fused-ring (bicyclic) bond motifs is 3. The maximum atomic E-state index is 2.42. The summed E-state index contributed by atoms with van der Waals surface area (Å²) in [5.41, 5.74) is 12.5. The summed E-state index contributed by atoms with van der Waals surface area (Å²) >= 11 is 0. The van der Waals surface area contributed by atoms with Gasteiger partial charge in [0.15, 0.2) is 0 Å². The molecule has 8 rings (SSSR count). The van der Waals surface area contributed by atoms with Crippen LogP contribution in [0.15, 0.2) is 170 Å². The molecule has 0 saturated heterocycles. The standard InChI is InChI=1S/C42H31N/c1-4-10-30(11-5-1)33-16-18-34(19-17-33)35-20-24-38(25-21-35)43-41-26-22-36(31-12-6-2-7-13-31)28-39(41)40-29-37(23-27-42(40)43)32-14-8-3-9-15-32/h1-18,20-29,34H,19H2. The molecule has 0 spiro atoms. The Balaban J connectivity index is 1.20. The monoisotopic (exact) mass is 549 g/mol. The predicted octanol–water partition coefficient (Wildman–Crippen LogP) is 11.2. The largest absolute Gasteiger partial charge is 0.309 e. The second-order valence-electron chi connectivity index (χ2n) is 11.3. The third-order valence-electron chi connectivity index (χ3n) is 8.77. The first kappa shape index (κ1) is 25.3. The molecule has 204 valence electrons. The highest BCUT2D eigenvalue weighted by Gasteiger charge is 2.16. The highest BCUT2D eigenvalue weighted by atomic mass is 15.0. The van der Waals surface area contributed by atoms with Gasteiger partial charge in [-0.05, 0) is 81.8 Å². The van der Waals surface area contributed by atoms with Crippen LogP contribution in [0.2, 0.25) is 0 Å². The van der Waals surface area contributed by atoms with Gasteiger partial charge < -0.3 is 4.57 Å². The van der Waals surface area contributed by atoms with Crippen molar-refractivity contribution in [3.05, 3.63) is 181 Å². The van der Waals surface area contributed by atoms with Crippen molar-refractivity contribution < 1.29 is 0 Å². The van der Waals surface area contributed by atoms with Gasteiger partial charge in [0, 0.05) is 22.4 Å². The summed E-state index contributed by atoms with van der Waals surface area (Å²) in [6.45, 7) is 0. The van der Waals surface area contributed by atoms with Crippen LogP contribution in [0.4, 0.5) is 0 Å². The zero-order valence-electron chi connectivity index (χ0n) is 23.9. The van der Waals surface area contributed by atoms with E-state index >= 15 is 0 Å². The third-order valence-corrected chi connectivity index (χ3v) is 8.77. The molecule has 1 unspecified atom stereocenters. The summed E-state index contributed by atoms with van der Waals surface area (Å²) in [5.74, 6) is 0.390. The molecule has 0 bridgehead atoms. The topological polar surface area (TPSA) is 4.93 Å². The fraction of sp³-hybridized carbons (Fsp3) is 0.0476. The van der Waals surface area contributed by atoms with E-state index in [0.717, 1.165) is 6.42 Å². The van der Waals surface area contributed by atoms with Crippen LogP contribution in [0.3, 0.4) is 0 Å². The van der Waals surface area contributed by atoms with E-state index in [1.54, 1.807) is 0 Å². The van der Waals surface area contributed by atoms with Crippen molar-refractivity contribution in [1.29, 1.82) is 0 Å². The zero-order chi connectivity index (χ0) is 28.6. The van der Waals surface area contributed by atoms with Crippen LogP contribution in [-0.2, 0) is 0 Å². The molecule has 0 fully saturated rings. The Kier molecular flexibility index (Phi) is 6.35. The van der Waals surface area contributed by atoms with E-state index in [9.17, 15) is 0 Å². The lowest BCUT2D eigenvalue weighted by atomic mass is 9.88. The first-order chi connectivity index (χ1) is 21.3. The molecule has 43 heavy (non-hydrogen) atoms. The molecule has 0 aliphatic heterocycles. The summed E-state index contributed by atoms with van der Waals surface area (Å²) in [6.07, 6.45) is 8.02. The number of nitrogens with zero attached hydrogens (tertiary/aromatic N) is 1. The smallest absolute Gasteiger partial charge is 0.0541 e. The molecule has 0 amide bonds. The van der Waals surface area contributed by atoms with Crippen molar-refractivity contribution in [2.24, 2.45) is 0 Å². The third kappa shape index (κ3) is 4.70. The van der Waals surface area contributed by atoms with Crippen molar-refractivity contribution in [2.75, 3.05) is 0 Å². The van der Waals surface area contributed by atoms with Gasteiger partial charge in [-0.15, -0.1) is 0 Å². The maximum absolute atomic E-state index is 2.42. The van der Waals surface area contributed by atoms with Crippen LogP contribution in [0, 0.1) is 0 Å². The summed E-state index contributed by atoms with van der Waals surface area (Å²) in [6, 6.07) is 55.0. The molecule has 0 N–H and O–H groups in total. The van der Waals surface area contributed by atoms with Crippen LogP contribution in [-0.4, -0.2) is 4.57 Å². The van der Waals surface area contributed by atoms with E-state index in [1.165, 1.54) is 66.4 Å². The number of rotatable bonds is 5. The van der Waals surface area contributed by atoms with E-state index in [2.05, 4.69) is 174 Å². The minimum Gasteiger partial charge on any atom is -0.309 e. The molecule has 1 aliphatic rings. The molecule has 1 nitrogen and oxygen atoms in total. The van der Waals surface area contributed by atoms with Gasteiger partial charge in [-0.25, -0.2) is 0 Å². The van der Waals surface area contributed by atoms with Gasteiger partial charge in [0.1, 0.15) is 0 Å². The highest BCUT2D eigenvalue weighted by molar-refractivity contribution is 6.11. The van der Waals surface area contributed by atoms with Crippen molar-refractivity contribution in [3.63, 3.8) is 0 Å². The normalized spacial score (nSPS) is 14.7. The molecule has 1 aromatic heterocycles. The number of hydrogen-bond donors (Lipinski definition) is 0. The van der Waals surface area contributed by atoms with E-state index in [-0.39, 0.29) is 0 Å². The fourth-order valence-electron chi connectivity index (χ4n) is 6.50. The van der Waals surface area contributed by atoms with Crippen molar-refractivity contribution in [2.45, 2.75) is 12.3 Å². The summed E-state index contributed by atoms with van der Waals surface area (Å²) in [7, 11) is 0. The van der Waals surface area contributed by atoms with Crippen LogP contribution in [0.5, 0.6) is 0 Å². The van der Waals surface area contributed by atoms with E-state index < -0.39 is 0 Å². The Morgan fingerprint density at radius 1 is 0.465 bits per heavy atom. The van der Waals surface area contributed by atoms with Gasteiger partial charge >= 0.3 is 0 Å². The Morgan fingerprint density at radius 3 is 1.47 bits per heavy atom. The number of aromatic nitrogens is 1. The van der Waals surface area contributed by atoms with Crippen LogP contribution in [0.25, 0.3) is 55.3 Å². The molecule has 7 aromatic rings. The molecule has 1 atom stereocenters. The van der Waals surface area contributed by atoms with Gasteiger partial charge in [0.25, 0.3) is 0 Å². The minimum atomic E-state index is 0.390. The van der Waals surface area contributed by atoms with Gasteiger partial charge in [0.05, 0.1) is 11.0 Å². The molecule has 6 aromatic carbocycles. The summed E-state index contributed by atoms with van der Waals surface area (Å²) in [4.78, 5) is 0. The zero-order valence-corrected chi connectivity index (χ0v) is 23.9. The van der Waals surface area contributed by atoms with Gasteiger partial charge in [0.2, 0.25) is 0 Å². The number of allylic oxidation sites excluding steroid dienone is 4. The molecule has 0 radical (unpaired) electrons. The maximum Gasteiger partial charge on any atom is 0.0541 e. The van der Waals surface area contributed by atoms with E-state index in [1.807, 2.05) is 0 Å². The van der Waals surface area contributed by atoms with E-state index in [0.29, 0.717) is 5.92 Å².